The van der Waals surface area contributed by atoms with Crippen molar-refractivity contribution in [2.75, 3.05) is 7.05 Å². The molecule has 1 N–H and O–H groups in total. The molecule has 0 spiro atoms. The van der Waals surface area contributed by atoms with E-state index in [0.717, 1.165) is 18.8 Å². The molecule has 1 saturated carbocycles. The molecule has 0 bridgehead atoms. The zero-order valence-electron chi connectivity index (χ0n) is 11.8. The molecule has 1 aromatic rings. The van der Waals surface area contributed by atoms with Crippen LogP contribution >= 0.6 is 0 Å². The van der Waals surface area contributed by atoms with Crippen LogP contribution in [0.2, 0.25) is 0 Å². The third-order valence-corrected chi connectivity index (χ3v) is 4.56. The lowest BCUT2D eigenvalue weighted by atomic mass is 9.76. The number of benzene rings is 1. The lowest BCUT2D eigenvalue weighted by Crippen LogP contribution is -2.30. The third-order valence-electron chi connectivity index (χ3n) is 4.56. The summed E-state index contributed by atoms with van der Waals surface area (Å²) in [6.07, 6.45) is 5.67. The molecule has 0 aliphatic heterocycles. The number of hydrogen-bond acceptors (Lipinski definition) is 1. The topological polar surface area (TPSA) is 12.0 Å². The molecule has 1 aromatic carbocycles. The Balaban J connectivity index is 2.17. The summed E-state index contributed by atoms with van der Waals surface area (Å²) in [5.74, 6) is 0.257. The van der Waals surface area contributed by atoms with Gasteiger partial charge in [0.25, 0.3) is 0 Å². The first-order chi connectivity index (χ1) is 9.17. The van der Waals surface area contributed by atoms with Gasteiger partial charge in [0.15, 0.2) is 0 Å². The van der Waals surface area contributed by atoms with Gasteiger partial charge in [-0.1, -0.05) is 32.3 Å². The lowest BCUT2D eigenvalue weighted by molar-refractivity contribution is 0.218. The van der Waals surface area contributed by atoms with Gasteiger partial charge in [-0.2, -0.15) is 0 Å². The van der Waals surface area contributed by atoms with Crippen molar-refractivity contribution in [1.82, 2.24) is 5.32 Å². The van der Waals surface area contributed by atoms with E-state index in [1.165, 1.54) is 37.5 Å². The maximum atomic E-state index is 13.9. The Morgan fingerprint density at radius 3 is 2.21 bits per heavy atom. The van der Waals surface area contributed by atoms with Crippen LogP contribution in [0.15, 0.2) is 18.2 Å². The predicted molar refractivity (Wildman–Crippen MR) is 73.9 cm³/mol. The van der Waals surface area contributed by atoms with Crippen LogP contribution < -0.4 is 5.32 Å². The largest absolute Gasteiger partial charge is 0.313 e. The number of halogens is 2. The second-order valence-electron chi connectivity index (χ2n) is 5.59. The molecule has 1 aliphatic carbocycles. The molecule has 1 fully saturated rings. The second-order valence-corrected chi connectivity index (χ2v) is 5.59. The molecule has 1 unspecified atom stereocenters. The van der Waals surface area contributed by atoms with Crippen molar-refractivity contribution in [3.63, 3.8) is 0 Å². The summed E-state index contributed by atoms with van der Waals surface area (Å²) in [7, 11) is 1.79. The van der Waals surface area contributed by atoms with Crippen molar-refractivity contribution in [3.8, 4) is 0 Å². The van der Waals surface area contributed by atoms with Gasteiger partial charge in [0.2, 0.25) is 0 Å². The Labute approximate surface area is 114 Å². The summed E-state index contributed by atoms with van der Waals surface area (Å²) in [5, 5.41) is 3.12. The van der Waals surface area contributed by atoms with Crippen molar-refractivity contribution >= 4 is 0 Å². The molecular formula is C16H23F2N. The van der Waals surface area contributed by atoms with E-state index in [9.17, 15) is 8.78 Å². The normalized spacial score (nSPS) is 25.3. The minimum Gasteiger partial charge on any atom is -0.313 e. The van der Waals surface area contributed by atoms with E-state index in [2.05, 4.69) is 12.2 Å². The van der Waals surface area contributed by atoms with E-state index in [4.69, 9.17) is 0 Å². The van der Waals surface area contributed by atoms with Gasteiger partial charge in [-0.25, -0.2) is 8.78 Å². The molecule has 1 atom stereocenters. The molecule has 0 aromatic heterocycles. The molecule has 0 amide bonds. The molecular weight excluding hydrogens is 244 g/mol. The molecule has 1 nitrogen and oxygen atoms in total. The fourth-order valence-corrected chi connectivity index (χ4v) is 3.35. The number of nitrogens with one attached hydrogen (secondary N) is 1. The SMILES string of the molecule is CCC1CCC(C(NC)c2c(F)cccc2F)CC1. The highest BCUT2D eigenvalue weighted by Crippen LogP contribution is 2.39. The van der Waals surface area contributed by atoms with Gasteiger partial charge in [0.05, 0.1) is 0 Å². The molecule has 0 radical (unpaired) electrons. The Hall–Kier alpha value is -0.960. The quantitative estimate of drug-likeness (QED) is 0.850. The first-order valence-corrected chi connectivity index (χ1v) is 7.28. The fourth-order valence-electron chi connectivity index (χ4n) is 3.35. The lowest BCUT2D eigenvalue weighted by Gasteiger charge is -2.34. The monoisotopic (exact) mass is 267 g/mol. The highest BCUT2D eigenvalue weighted by atomic mass is 19.1. The highest BCUT2D eigenvalue weighted by Gasteiger charge is 2.30. The van der Waals surface area contributed by atoms with Gasteiger partial charge >= 0.3 is 0 Å². The van der Waals surface area contributed by atoms with Gasteiger partial charge in [-0.05, 0) is 43.9 Å². The molecule has 0 saturated heterocycles. The average molecular weight is 267 g/mol. The first kappa shape index (κ1) is 14.4. The standard InChI is InChI=1S/C16H23F2N/c1-3-11-7-9-12(10-8-11)16(19-2)15-13(17)5-4-6-14(15)18/h4-6,11-12,16,19H,3,7-10H2,1-2H3. The molecule has 2 rings (SSSR count). The average Bonchev–Trinajstić information content (AvgIpc) is 2.43. The molecule has 106 valence electrons. The zero-order chi connectivity index (χ0) is 13.8. The Morgan fingerprint density at radius 1 is 1.16 bits per heavy atom. The van der Waals surface area contributed by atoms with Crippen molar-refractivity contribution < 1.29 is 8.78 Å². The van der Waals surface area contributed by atoms with Gasteiger partial charge in [-0.15, -0.1) is 0 Å². The van der Waals surface area contributed by atoms with Gasteiger partial charge in [-0.3, -0.25) is 0 Å². The highest BCUT2D eigenvalue weighted by molar-refractivity contribution is 5.24. The van der Waals surface area contributed by atoms with Crippen molar-refractivity contribution in [2.45, 2.75) is 45.1 Å². The minimum absolute atomic E-state index is 0.209. The minimum atomic E-state index is -0.433. The van der Waals surface area contributed by atoms with E-state index < -0.39 is 11.6 Å². The van der Waals surface area contributed by atoms with E-state index in [0.29, 0.717) is 5.92 Å². The van der Waals surface area contributed by atoms with Crippen LogP contribution in [0, 0.1) is 23.5 Å². The van der Waals surface area contributed by atoms with Gasteiger partial charge < -0.3 is 5.32 Å². The van der Waals surface area contributed by atoms with Gasteiger partial charge in [0, 0.05) is 11.6 Å². The van der Waals surface area contributed by atoms with Crippen molar-refractivity contribution in [2.24, 2.45) is 11.8 Å². The van der Waals surface area contributed by atoms with Crippen molar-refractivity contribution in [1.29, 1.82) is 0 Å². The molecule has 19 heavy (non-hydrogen) atoms. The molecule has 1 aliphatic rings. The molecule has 0 heterocycles. The van der Waals surface area contributed by atoms with Crippen LogP contribution in [0.3, 0.4) is 0 Å². The molecule has 3 heteroatoms. The Kier molecular flexibility index (Phi) is 4.92. The summed E-state index contributed by atoms with van der Waals surface area (Å²) in [5.41, 5.74) is 0.213. The summed E-state index contributed by atoms with van der Waals surface area (Å²) in [4.78, 5) is 0. The Bertz CT molecular complexity index is 391. The van der Waals surface area contributed by atoms with E-state index in [-0.39, 0.29) is 11.6 Å². The number of rotatable bonds is 4. The third kappa shape index (κ3) is 3.14. The van der Waals surface area contributed by atoms with Gasteiger partial charge in [0.1, 0.15) is 11.6 Å². The zero-order valence-corrected chi connectivity index (χ0v) is 11.8. The predicted octanol–water partition coefficient (Wildman–Crippen LogP) is 4.44. The van der Waals surface area contributed by atoms with E-state index in [1.54, 1.807) is 7.05 Å². The maximum absolute atomic E-state index is 13.9. The first-order valence-electron chi connectivity index (χ1n) is 7.28. The van der Waals surface area contributed by atoms with E-state index >= 15 is 0 Å². The van der Waals surface area contributed by atoms with Crippen LogP contribution in [0.25, 0.3) is 0 Å². The summed E-state index contributed by atoms with van der Waals surface area (Å²) in [6, 6.07) is 3.91. The summed E-state index contributed by atoms with van der Waals surface area (Å²) < 4.78 is 27.8. The summed E-state index contributed by atoms with van der Waals surface area (Å²) >= 11 is 0. The summed E-state index contributed by atoms with van der Waals surface area (Å²) in [6.45, 7) is 2.22. The smallest absolute Gasteiger partial charge is 0.130 e. The number of hydrogen-bond donors (Lipinski definition) is 1. The van der Waals surface area contributed by atoms with Crippen LogP contribution in [0.4, 0.5) is 8.78 Å². The van der Waals surface area contributed by atoms with Crippen LogP contribution in [0.5, 0.6) is 0 Å². The maximum Gasteiger partial charge on any atom is 0.130 e. The van der Waals surface area contributed by atoms with Crippen molar-refractivity contribution in [3.05, 3.63) is 35.4 Å². The van der Waals surface area contributed by atoms with E-state index in [1.807, 2.05) is 0 Å². The fraction of sp³-hybridized carbons (Fsp3) is 0.625. The Morgan fingerprint density at radius 2 is 1.74 bits per heavy atom. The van der Waals surface area contributed by atoms with Crippen LogP contribution in [0.1, 0.15) is 50.6 Å². The van der Waals surface area contributed by atoms with Crippen LogP contribution in [-0.4, -0.2) is 7.05 Å². The second kappa shape index (κ2) is 6.47. The van der Waals surface area contributed by atoms with Crippen LogP contribution in [-0.2, 0) is 0 Å².